The predicted octanol–water partition coefficient (Wildman–Crippen LogP) is 4.15. The number of aromatic nitrogens is 2. The number of amides is 2. The lowest BCUT2D eigenvalue weighted by Gasteiger charge is -2.23. The summed E-state index contributed by atoms with van der Waals surface area (Å²) in [6.07, 6.45) is 3.25. The van der Waals surface area contributed by atoms with Gasteiger partial charge in [0.2, 0.25) is 5.88 Å². The van der Waals surface area contributed by atoms with Gasteiger partial charge in [-0.25, -0.2) is 4.39 Å². The van der Waals surface area contributed by atoms with Gasteiger partial charge in [-0.15, -0.1) is 0 Å². The number of aromatic hydroxyl groups is 2. The van der Waals surface area contributed by atoms with Gasteiger partial charge in [0.1, 0.15) is 11.5 Å². The molecule has 10 heteroatoms. The van der Waals surface area contributed by atoms with E-state index in [4.69, 9.17) is 4.74 Å². The number of halogens is 1. The fraction of sp³-hybridized carbons (Fsp3) is 0.308. The largest absolute Gasteiger partial charge is 0.494 e. The first-order valence-electron chi connectivity index (χ1n) is 11.8. The fourth-order valence-corrected chi connectivity index (χ4v) is 4.88. The third-order valence-electron chi connectivity index (χ3n) is 6.83. The van der Waals surface area contributed by atoms with E-state index in [1.807, 2.05) is 0 Å². The van der Waals surface area contributed by atoms with Gasteiger partial charge in [0.05, 0.1) is 11.1 Å². The molecule has 0 spiro atoms. The van der Waals surface area contributed by atoms with Crippen LogP contribution in [0.25, 0.3) is 11.6 Å². The molecule has 2 aromatic heterocycles. The summed E-state index contributed by atoms with van der Waals surface area (Å²) in [5, 5.41) is 26.4. The molecule has 2 aliphatic heterocycles. The van der Waals surface area contributed by atoms with Gasteiger partial charge in [-0.3, -0.25) is 14.2 Å². The predicted molar refractivity (Wildman–Crippen MR) is 132 cm³/mol. The van der Waals surface area contributed by atoms with Crippen LogP contribution in [0.2, 0.25) is 0 Å². The molecule has 1 saturated heterocycles. The number of ether oxygens (including phenoxy) is 1. The van der Waals surface area contributed by atoms with E-state index in [0.29, 0.717) is 53.5 Å². The Labute approximate surface area is 206 Å². The van der Waals surface area contributed by atoms with E-state index in [0.717, 1.165) is 12.8 Å². The van der Waals surface area contributed by atoms with Gasteiger partial charge in [0.15, 0.2) is 5.88 Å². The first-order valence-corrected chi connectivity index (χ1v) is 11.8. The second-order valence-electron chi connectivity index (χ2n) is 9.23. The molecule has 0 atom stereocenters. The minimum atomic E-state index is -0.480. The summed E-state index contributed by atoms with van der Waals surface area (Å²) in [4.78, 5) is 28.8. The number of aromatic amines is 1. The number of carbonyl (C=O) groups is 2. The summed E-state index contributed by atoms with van der Waals surface area (Å²) in [6.45, 7) is 5.16. The number of fused-ring (bicyclic) bond motifs is 1. The van der Waals surface area contributed by atoms with Gasteiger partial charge in [-0.1, -0.05) is 0 Å². The monoisotopic (exact) mass is 494 g/mol. The maximum absolute atomic E-state index is 13.8. The van der Waals surface area contributed by atoms with Gasteiger partial charge < -0.3 is 30.6 Å². The van der Waals surface area contributed by atoms with E-state index in [2.05, 4.69) is 15.6 Å². The van der Waals surface area contributed by atoms with Crippen molar-refractivity contribution < 1.29 is 28.9 Å². The zero-order valence-electron chi connectivity index (χ0n) is 19.9. The van der Waals surface area contributed by atoms with Crippen molar-refractivity contribution in [2.24, 2.45) is 5.92 Å². The molecule has 188 valence electrons. The summed E-state index contributed by atoms with van der Waals surface area (Å²) >= 11 is 0. The Bertz CT molecular complexity index is 1400. The summed E-state index contributed by atoms with van der Waals surface area (Å²) in [5.41, 5.74) is 3.37. The number of H-pyrrole nitrogens is 1. The Kier molecular flexibility index (Phi) is 6.05. The molecule has 36 heavy (non-hydrogen) atoms. The third kappa shape index (κ3) is 4.24. The molecule has 0 aliphatic carbocycles. The molecule has 0 unspecified atom stereocenters. The third-order valence-corrected chi connectivity index (χ3v) is 6.83. The molecule has 4 heterocycles. The van der Waals surface area contributed by atoms with Crippen molar-refractivity contribution in [3.63, 3.8) is 0 Å². The second kappa shape index (κ2) is 9.19. The van der Waals surface area contributed by atoms with Gasteiger partial charge in [-0.05, 0) is 62.4 Å². The second-order valence-corrected chi connectivity index (χ2v) is 9.23. The van der Waals surface area contributed by atoms with Gasteiger partial charge in [0, 0.05) is 48.5 Å². The average Bonchev–Trinajstić information content (AvgIpc) is 3.40. The maximum Gasteiger partial charge on any atom is 0.257 e. The number of hydrogen-bond donors (Lipinski definition) is 5. The Morgan fingerprint density at radius 3 is 2.75 bits per heavy atom. The number of rotatable bonds is 5. The molecule has 2 amide bonds. The summed E-state index contributed by atoms with van der Waals surface area (Å²) in [6, 6.07) is 5.39. The van der Waals surface area contributed by atoms with Crippen LogP contribution in [0.1, 0.15) is 45.7 Å². The number of anilines is 2. The number of hydrogen-bond acceptors (Lipinski definition) is 5. The number of nitrogens with one attached hydrogen (secondary N) is 3. The fourth-order valence-electron chi connectivity index (χ4n) is 4.88. The minimum absolute atomic E-state index is 0.101. The van der Waals surface area contributed by atoms with Gasteiger partial charge in [-0.2, -0.15) is 0 Å². The summed E-state index contributed by atoms with van der Waals surface area (Å²) in [7, 11) is 0. The Hall–Kier alpha value is -4.05. The quantitative estimate of drug-likeness (QED) is 0.340. The lowest BCUT2D eigenvalue weighted by atomic mass is 10.0. The van der Waals surface area contributed by atoms with Crippen LogP contribution in [0, 0.1) is 25.6 Å². The normalized spacial score (nSPS) is 16.9. The summed E-state index contributed by atoms with van der Waals surface area (Å²) in [5.74, 6) is -1.40. The molecule has 0 bridgehead atoms. The van der Waals surface area contributed by atoms with E-state index in [-0.39, 0.29) is 34.8 Å². The minimum Gasteiger partial charge on any atom is -0.494 e. The van der Waals surface area contributed by atoms with Crippen LogP contribution >= 0.6 is 0 Å². The molecule has 1 aromatic carbocycles. The van der Waals surface area contributed by atoms with Crippen LogP contribution in [0.5, 0.6) is 11.8 Å². The summed E-state index contributed by atoms with van der Waals surface area (Å²) < 4.78 is 20.5. The van der Waals surface area contributed by atoms with Crippen molar-refractivity contribution in [1.29, 1.82) is 0 Å². The highest BCUT2D eigenvalue weighted by molar-refractivity contribution is 6.35. The van der Waals surface area contributed by atoms with Crippen molar-refractivity contribution >= 4 is 34.8 Å². The van der Waals surface area contributed by atoms with Crippen molar-refractivity contribution in [2.75, 3.05) is 23.8 Å². The van der Waals surface area contributed by atoms with E-state index >= 15 is 0 Å². The van der Waals surface area contributed by atoms with Crippen LogP contribution in [0.15, 0.2) is 24.3 Å². The van der Waals surface area contributed by atoms with Crippen LogP contribution < -0.4 is 10.6 Å². The van der Waals surface area contributed by atoms with E-state index < -0.39 is 11.7 Å². The van der Waals surface area contributed by atoms with E-state index in [9.17, 15) is 24.2 Å². The van der Waals surface area contributed by atoms with Crippen LogP contribution in [0.3, 0.4) is 0 Å². The number of carbonyl (C=O) groups excluding carboxylic acids is 2. The van der Waals surface area contributed by atoms with Gasteiger partial charge in [0.25, 0.3) is 11.8 Å². The molecule has 0 radical (unpaired) electrons. The molecule has 2 aliphatic rings. The highest BCUT2D eigenvalue weighted by Crippen LogP contribution is 2.36. The number of aryl methyl sites for hydroxylation is 1. The molecule has 0 saturated carbocycles. The molecule has 9 nitrogen and oxygen atoms in total. The highest BCUT2D eigenvalue weighted by Gasteiger charge is 2.27. The number of nitrogens with zero attached hydrogens (tertiary/aromatic N) is 1. The van der Waals surface area contributed by atoms with Crippen LogP contribution in [0.4, 0.5) is 15.8 Å². The van der Waals surface area contributed by atoms with Crippen molar-refractivity contribution in [3.05, 3.63) is 58.2 Å². The zero-order valence-corrected chi connectivity index (χ0v) is 19.9. The molecular weight excluding hydrogens is 467 g/mol. The lowest BCUT2D eigenvalue weighted by molar-refractivity contribution is -0.110. The van der Waals surface area contributed by atoms with Gasteiger partial charge >= 0.3 is 0 Å². The zero-order chi connectivity index (χ0) is 25.6. The van der Waals surface area contributed by atoms with Crippen molar-refractivity contribution in [2.45, 2.75) is 33.2 Å². The smallest absolute Gasteiger partial charge is 0.257 e. The molecular formula is C26H27FN4O5. The van der Waals surface area contributed by atoms with Crippen molar-refractivity contribution in [3.8, 4) is 11.8 Å². The Morgan fingerprint density at radius 1 is 1.25 bits per heavy atom. The van der Waals surface area contributed by atoms with E-state index in [1.54, 1.807) is 19.9 Å². The molecule has 5 rings (SSSR count). The molecule has 5 N–H and O–H groups in total. The molecule has 1 fully saturated rings. The highest BCUT2D eigenvalue weighted by atomic mass is 19.1. The standard InChI is InChI=1S/C26H27FN4O5/c1-13-20(10-18-17-9-16(27)3-4-19(17)29-24(18)33)28-14(2)23(13)25(34)30-21-11-22(32)31(26(21)35)12-15-5-7-36-8-6-15/h3-4,9-11,15,28,32,35H,5-8,12H2,1-2H3,(H,29,33)(H,30,34). The van der Waals surface area contributed by atoms with E-state index in [1.165, 1.54) is 28.8 Å². The Morgan fingerprint density at radius 2 is 2.00 bits per heavy atom. The first kappa shape index (κ1) is 23.7. The van der Waals surface area contributed by atoms with Crippen LogP contribution in [-0.4, -0.2) is 44.8 Å². The topological polar surface area (TPSA) is 129 Å². The van der Waals surface area contributed by atoms with Crippen LogP contribution in [-0.2, 0) is 16.1 Å². The SMILES string of the molecule is Cc1[nH]c(C=C2C(=O)Nc3ccc(F)cc32)c(C)c1C(=O)Nc1cc(O)n(CC2CCOCC2)c1O. The average molecular weight is 495 g/mol. The lowest BCUT2D eigenvalue weighted by Crippen LogP contribution is -2.20. The Balaban J connectivity index is 1.40. The molecule has 3 aromatic rings. The maximum atomic E-state index is 13.8. The first-order chi connectivity index (χ1) is 17.2. The number of benzene rings is 1. The van der Waals surface area contributed by atoms with Crippen molar-refractivity contribution in [1.82, 2.24) is 9.55 Å².